The molecule has 0 bridgehead atoms. The Morgan fingerprint density at radius 3 is 2.79 bits per heavy atom. The third kappa shape index (κ3) is 9.17. The molecule has 0 saturated carbocycles. The minimum atomic E-state index is -0.628. The van der Waals surface area contributed by atoms with Crippen molar-refractivity contribution in [2.45, 2.75) is 38.8 Å². The summed E-state index contributed by atoms with van der Waals surface area (Å²) in [4.78, 5) is 18.6. The largest absolute Gasteiger partial charge is 0.467 e. The fourth-order valence-corrected chi connectivity index (χ4v) is 2.46. The van der Waals surface area contributed by atoms with E-state index in [4.69, 9.17) is 4.74 Å². The number of hydrogen-bond donors (Lipinski definition) is 3. The lowest BCUT2D eigenvalue weighted by Crippen LogP contribution is -2.42. The van der Waals surface area contributed by atoms with E-state index >= 15 is 0 Å². The zero-order valence-electron chi connectivity index (χ0n) is 15.3. The van der Waals surface area contributed by atoms with Gasteiger partial charge in [0.15, 0.2) is 0 Å². The van der Waals surface area contributed by atoms with Gasteiger partial charge in [-0.05, 0) is 47.8 Å². The Morgan fingerprint density at radius 2 is 2.17 bits per heavy atom. The van der Waals surface area contributed by atoms with Crippen LogP contribution < -0.4 is 15.4 Å². The Morgan fingerprint density at radius 1 is 1.46 bits per heavy atom. The molecule has 1 aromatic heterocycles. The van der Waals surface area contributed by atoms with Crippen molar-refractivity contribution in [2.24, 2.45) is 0 Å². The number of amides is 1. The third-order valence-electron chi connectivity index (χ3n) is 3.04. The fraction of sp³-hybridized carbons (Fsp3) is 0.750. The Labute approximate surface area is 148 Å². The van der Waals surface area contributed by atoms with Crippen molar-refractivity contribution < 1.29 is 14.6 Å². The number of hydrogen-bond acceptors (Lipinski definition) is 7. The van der Waals surface area contributed by atoms with Crippen molar-refractivity contribution in [1.82, 2.24) is 20.5 Å². The van der Waals surface area contributed by atoms with Crippen molar-refractivity contribution in [2.75, 3.05) is 40.3 Å². The normalized spacial score (nSPS) is 13.1. The predicted octanol–water partition coefficient (Wildman–Crippen LogP) is 0.952. The molecule has 0 aliphatic carbocycles. The van der Waals surface area contributed by atoms with Gasteiger partial charge in [0.1, 0.15) is 17.6 Å². The Balaban J connectivity index is 2.31. The molecule has 0 radical (unpaired) electrons. The monoisotopic (exact) mass is 358 g/mol. The van der Waals surface area contributed by atoms with E-state index in [0.717, 1.165) is 13.0 Å². The summed E-state index contributed by atoms with van der Waals surface area (Å²) in [5, 5.41) is 16.3. The van der Waals surface area contributed by atoms with Crippen LogP contribution in [-0.4, -0.2) is 72.9 Å². The number of aromatic nitrogens is 1. The number of ether oxygens (including phenoxy) is 1. The average Bonchev–Trinajstić information content (AvgIpc) is 2.95. The molecule has 0 aromatic carbocycles. The van der Waals surface area contributed by atoms with E-state index in [0.29, 0.717) is 23.2 Å². The predicted molar refractivity (Wildman–Crippen MR) is 96.9 cm³/mol. The molecule has 138 valence electrons. The number of β-amino-alcohol motifs (C(OH)–C–C–N with tert-alkyl or cyclic N) is 1. The van der Waals surface area contributed by atoms with Crippen molar-refractivity contribution in [3.05, 3.63) is 11.1 Å². The standard InChI is InChI=1S/C16H30N4O3S/c1-16(2,3)19-9-12(21)11-23-15-18-10-13(24-15)14(22)17-7-6-8-20(4)5/h10,12,19,21H,6-9,11H2,1-5H3,(H,17,22). The second-order valence-corrected chi connectivity index (χ2v) is 7.99. The lowest BCUT2D eigenvalue weighted by molar-refractivity contribution is 0.0956. The fourth-order valence-electron chi connectivity index (χ4n) is 1.76. The molecular weight excluding hydrogens is 328 g/mol. The van der Waals surface area contributed by atoms with E-state index in [1.165, 1.54) is 17.5 Å². The molecule has 1 unspecified atom stereocenters. The lowest BCUT2D eigenvalue weighted by Gasteiger charge is -2.22. The van der Waals surface area contributed by atoms with Crippen molar-refractivity contribution in [3.63, 3.8) is 0 Å². The van der Waals surface area contributed by atoms with Gasteiger partial charge in [-0.3, -0.25) is 4.79 Å². The minimum absolute atomic E-state index is 0.0556. The number of carbonyl (C=O) groups is 1. The highest BCUT2D eigenvalue weighted by Gasteiger charge is 2.15. The molecule has 24 heavy (non-hydrogen) atoms. The highest BCUT2D eigenvalue weighted by molar-refractivity contribution is 7.15. The van der Waals surface area contributed by atoms with Crippen molar-refractivity contribution in [1.29, 1.82) is 0 Å². The summed E-state index contributed by atoms with van der Waals surface area (Å²) in [5.74, 6) is -0.143. The summed E-state index contributed by atoms with van der Waals surface area (Å²) in [7, 11) is 4.00. The molecule has 8 heteroatoms. The van der Waals surface area contributed by atoms with Gasteiger partial charge in [0, 0.05) is 18.6 Å². The van der Waals surface area contributed by atoms with Gasteiger partial charge in [-0.15, -0.1) is 0 Å². The zero-order chi connectivity index (χ0) is 18.2. The van der Waals surface area contributed by atoms with Crippen molar-refractivity contribution in [3.8, 4) is 5.19 Å². The minimum Gasteiger partial charge on any atom is -0.467 e. The summed E-state index contributed by atoms with van der Waals surface area (Å²) in [6.45, 7) is 8.23. The van der Waals surface area contributed by atoms with Gasteiger partial charge in [-0.25, -0.2) is 4.98 Å². The van der Waals surface area contributed by atoms with Gasteiger partial charge >= 0.3 is 0 Å². The van der Waals surface area contributed by atoms with Gasteiger partial charge in [-0.2, -0.15) is 0 Å². The van der Waals surface area contributed by atoms with Crippen LogP contribution in [0, 0.1) is 0 Å². The van der Waals surface area contributed by atoms with Crippen LogP contribution in [0.2, 0.25) is 0 Å². The Kier molecular flexibility index (Phi) is 8.61. The highest BCUT2D eigenvalue weighted by Crippen LogP contribution is 2.20. The SMILES string of the molecule is CN(C)CCCNC(=O)c1cnc(OCC(O)CNC(C)(C)C)s1. The van der Waals surface area contributed by atoms with Gasteiger partial charge in [0.2, 0.25) is 0 Å². The summed E-state index contributed by atoms with van der Waals surface area (Å²) in [5.41, 5.74) is -0.0556. The first-order valence-corrected chi connectivity index (χ1v) is 8.93. The van der Waals surface area contributed by atoms with Crippen LogP contribution in [0.15, 0.2) is 6.20 Å². The van der Waals surface area contributed by atoms with Crippen LogP contribution in [0.3, 0.4) is 0 Å². The molecule has 0 aliphatic rings. The molecule has 1 heterocycles. The second-order valence-electron chi connectivity index (χ2n) is 7.00. The number of nitrogens with zero attached hydrogens (tertiary/aromatic N) is 2. The van der Waals surface area contributed by atoms with Crippen LogP contribution in [0.1, 0.15) is 36.9 Å². The summed E-state index contributed by atoms with van der Waals surface area (Å²) < 4.78 is 5.45. The molecule has 1 amide bonds. The third-order valence-corrected chi connectivity index (χ3v) is 3.95. The number of thiazole rings is 1. The molecular formula is C16H30N4O3S. The molecule has 3 N–H and O–H groups in total. The summed E-state index contributed by atoms with van der Waals surface area (Å²) in [6, 6.07) is 0. The average molecular weight is 359 g/mol. The van der Waals surface area contributed by atoms with Gasteiger partial charge in [-0.1, -0.05) is 11.3 Å². The van der Waals surface area contributed by atoms with E-state index in [9.17, 15) is 9.90 Å². The van der Waals surface area contributed by atoms with Crippen LogP contribution >= 0.6 is 11.3 Å². The maximum absolute atomic E-state index is 12.0. The molecule has 0 aliphatic heterocycles. The van der Waals surface area contributed by atoms with Gasteiger partial charge < -0.3 is 25.4 Å². The smallest absolute Gasteiger partial charge is 0.273 e. The molecule has 0 fully saturated rings. The molecule has 0 saturated heterocycles. The van der Waals surface area contributed by atoms with E-state index in [2.05, 4.69) is 20.5 Å². The molecule has 7 nitrogen and oxygen atoms in total. The second kappa shape index (κ2) is 9.93. The highest BCUT2D eigenvalue weighted by atomic mass is 32.1. The summed E-state index contributed by atoms with van der Waals surface area (Å²) in [6.07, 6.45) is 1.77. The first kappa shape index (κ1) is 20.8. The van der Waals surface area contributed by atoms with Gasteiger partial charge in [0.25, 0.3) is 11.1 Å². The maximum Gasteiger partial charge on any atom is 0.273 e. The molecule has 1 atom stereocenters. The van der Waals surface area contributed by atoms with Crippen LogP contribution in [-0.2, 0) is 0 Å². The van der Waals surface area contributed by atoms with E-state index in [1.54, 1.807) is 0 Å². The quantitative estimate of drug-likeness (QED) is 0.540. The first-order chi connectivity index (χ1) is 11.2. The first-order valence-electron chi connectivity index (χ1n) is 8.12. The number of aliphatic hydroxyl groups is 1. The van der Waals surface area contributed by atoms with Crippen LogP contribution in [0.5, 0.6) is 5.19 Å². The zero-order valence-corrected chi connectivity index (χ0v) is 16.1. The molecule has 0 spiro atoms. The number of rotatable bonds is 10. The molecule has 1 aromatic rings. The molecule has 1 rings (SSSR count). The summed E-state index contributed by atoms with van der Waals surface area (Å²) >= 11 is 1.18. The lowest BCUT2D eigenvalue weighted by atomic mass is 10.1. The van der Waals surface area contributed by atoms with E-state index < -0.39 is 6.10 Å². The number of aliphatic hydroxyl groups excluding tert-OH is 1. The van der Waals surface area contributed by atoms with Gasteiger partial charge in [0.05, 0.1) is 6.20 Å². The Bertz CT molecular complexity index is 500. The Hall–Kier alpha value is -1.22. The van der Waals surface area contributed by atoms with E-state index in [1.807, 2.05) is 34.9 Å². The number of carbonyl (C=O) groups excluding carboxylic acids is 1. The van der Waals surface area contributed by atoms with Crippen LogP contribution in [0.25, 0.3) is 0 Å². The maximum atomic E-state index is 12.0. The van der Waals surface area contributed by atoms with Crippen LogP contribution in [0.4, 0.5) is 0 Å². The van der Waals surface area contributed by atoms with Crippen molar-refractivity contribution >= 4 is 17.2 Å². The number of nitrogens with one attached hydrogen (secondary N) is 2. The van der Waals surface area contributed by atoms with E-state index in [-0.39, 0.29) is 18.1 Å². The topological polar surface area (TPSA) is 86.7 Å².